The number of hydrogen-bond acceptors (Lipinski definition) is 9. The minimum absolute atomic E-state index is 0.115. The van der Waals surface area contributed by atoms with Gasteiger partial charge in [0.25, 0.3) is 5.91 Å². The van der Waals surface area contributed by atoms with Gasteiger partial charge in [0, 0.05) is 18.7 Å². The molecule has 15 heteroatoms. The lowest BCUT2D eigenvalue weighted by Crippen LogP contribution is -2.51. The molecule has 0 bridgehead atoms. The summed E-state index contributed by atoms with van der Waals surface area (Å²) < 4.78 is 4.77. The predicted molar refractivity (Wildman–Crippen MR) is 235 cm³/mol. The second-order valence-electron chi connectivity index (χ2n) is 16.3. The van der Waals surface area contributed by atoms with E-state index in [9.17, 15) is 24.4 Å². The Morgan fingerprint density at radius 2 is 1.44 bits per heavy atom. The van der Waals surface area contributed by atoms with E-state index in [0.29, 0.717) is 36.6 Å². The average Bonchev–Trinajstić information content (AvgIpc) is 4.16. The average molecular weight is 848 g/mol. The van der Waals surface area contributed by atoms with Gasteiger partial charge < -0.3 is 29.8 Å². The quantitative estimate of drug-likeness (QED) is 0.0781. The number of rotatable bonds is 13. The van der Waals surface area contributed by atoms with Gasteiger partial charge in [-0.15, -0.1) is 0 Å². The van der Waals surface area contributed by atoms with Crippen molar-refractivity contribution in [1.82, 2.24) is 40.1 Å². The van der Waals surface area contributed by atoms with Crippen molar-refractivity contribution in [1.29, 1.82) is 5.26 Å². The normalized spacial score (nSPS) is 18.3. The predicted octanol–water partition coefficient (Wildman–Crippen LogP) is 7.51. The van der Waals surface area contributed by atoms with E-state index in [2.05, 4.69) is 80.9 Å². The van der Waals surface area contributed by atoms with E-state index >= 15 is 0 Å². The molecular weight excluding hydrogens is 799 g/mol. The highest BCUT2D eigenvalue weighted by molar-refractivity contribution is 5.91. The molecule has 0 saturated carbocycles. The number of nitrogens with one attached hydrogen (secondary N) is 3. The minimum Gasteiger partial charge on any atom is -0.453 e. The molecule has 6 aromatic rings. The number of hydroxylamine groups is 2. The third-order valence-electron chi connectivity index (χ3n) is 12.1. The lowest BCUT2D eigenvalue weighted by molar-refractivity contribution is -0.184. The highest BCUT2D eigenvalue weighted by atomic mass is 16.7. The molecule has 2 aromatic heterocycles. The van der Waals surface area contributed by atoms with Crippen molar-refractivity contribution < 1.29 is 28.8 Å². The number of benzene rings is 4. The van der Waals surface area contributed by atoms with Gasteiger partial charge in [0.15, 0.2) is 6.04 Å². The van der Waals surface area contributed by atoms with Crippen LogP contribution in [0.3, 0.4) is 0 Å². The van der Waals surface area contributed by atoms with Crippen molar-refractivity contribution in [3.05, 3.63) is 121 Å². The summed E-state index contributed by atoms with van der Waals surface area (Å²) in [4.78, 5) is 76.7. The molecule has 5 atom stereocenters. The first kappa shape index (κ1) is 42.4. The molecule has 15 nitrogen and oxygen atoms in total. The van der Waals surface area contributed by atoms with Gasteiger partial charge in [0.2, 0.25) is 12.3 Å². The number of alkyl carbamates (subject to hydrolysis) is 1. The van der Waals surface area contributed by atoms with Crippen LogP contribution in [0.25, 0.3) is 44.4 Å². The smallest absolute Gasteiger partial charge is 0.407 e. The van der Waals surface area contributed by atoms with E-state index in [1.807, 2.05) is 26.0 Å². The summed E-state index contributed by atoms with van der Waals surface area (Å²) in [6, 6.07) is 29.6. The van der Waals surface area contributed by atoms with E-state index < -0.39 is 30.1 Å². The topological polar surface area (TPSA) is 190 Å². The Morgan fingerprint density at radius 1 is 0.825 bits per heavy atom. The molecule has 2 aliphatic rings. The van der Waals surface area contributed by atoms with Gasteiger partial charge in [-0.1, -0.05) is 92.7 Å². The first-order valence-corrected chi connectivity index (χ1v) is 21.0. The highest BCUT2D eigenvalue weighted by Crippen LogP contribution is 2.39. The van der Waals surface area contributed by atoms with Crippen LogP contribution < -0.4 is 5.32 Å². The van der Waals surface area contributed by atoms with Crippen LogP contribution in [0.1, 0.15) is 68.4 Å². The van der Waals surface area contributed by atoms with Crippen LogP contribution in [-0.4, -0.2) is 92.5 Å². The number of methoxy groups -OCH3 is 1. The highest BCUT2D eigenvalue weighted by Gasteiger charge is 2.43. The monoisotopic (exact) mass is 847 g/mol. The van der Waals surface area contributed by atoms with Crippen molar-refractivity contribution in [2.24, 2.45) is 11.8 Å². The Kier molecular flexibility index (Phi) is 12.3. The number of likely N-dealkylation sites (tertiary alicyclic amines) is 2. The summed E-state index contributed by atoms with van der Waals surface area (Å²) in [5.74, 6) is 0.237. The largest absolute Gasteiger partial charge is 0.453 e. The number of nitriles is 1. The fourth-order valence-corrected chi connectivity index (χ4v) is 8.77. The summed E-state index contributed by atoms with van der Waals surface area (Å²) in [6.07, 6.45) is 5.41. The van der Waals surface area contributed by atoms with Crippen LogP contribution in [0.4, 0.5) is 4.79 Å². The number of fused-ring (bicyclic) bond motifs is 1. The molecule has 0 spiro atoms. The van der Waals surface area contributed by atoms with E-state index in [0.717, 1.165) is 62.3 Å². The van der Waals surface area contributed by atoms with Gasteiger partial charge in [0.05, 0.1) is 62.1 Å². The molecule has 0 unspecified atom stereocenters. The third-order valence-corrected chi connectivity index (χ3v) is 12.1. The SMILES string of the molecule is COC(=O)N[C@H](C(=O)N1CCC[C@H]1c1ncc(-c2ccc(-c3ccc4cc(-c5cnc([C@@H]6C[C@H](C#N)CN6C(=O)[C@@H](c6ccccc6)N(C=O)OC)[nH]5)ccc4c3)cc2)[nH]1)C(C)C. The number of amides is 4. The number of hydrogen-bond donors (Lipinski definition) is 3. The minimum atomic E-state index is -1.03. The lowest BCUT2D eigenvalue weighted by atomic mass is 9.98. The molecule has 2 aliphatic heterocycles. The molecule has 2 fully saturated rings. The van der Waals surface area contributed by atoms with Gasteiger partial charge in [-0.05, 0) is 70.3 Å². The van der Waals surface area contributed by atoms with Gasteiger partial charge in [-0.25, -0.2) is 19.8 Å². The van der Waals surface area contributed by atoms with Crippen molar-refractivity contribution in [3.8, 4) is 39.7 Å². The number of ether oxygens (including phenoxy) is 1. The molecule has 322 valence electrons. The Labute approximate surface area is 365 Å². The standard InChI is InChI=1S/C48H49N9O6/c1-29(2)42(54-48(61)62-3)46(59)55-20-8-11-40(55)44-50-25-38(52-44)32-14-12-31(13-15-32)34-16-17-36-23-37(19-18-35(36)22-34)39-26-51-45(53-39)41-21-30(24-49)27-56(41)47(60)43(57(28-58)63-4)33-9-6-5-7-10-33/h5-7,9-10,12-19,22-23,25-26,28-30,40-43H,8,11,20-21,27H2,1-4H3,(H,50,52)(H,51,53)(H,54,61)/t30-,40+,41+,42+,43-/m1/s1. The molecule has 2 saturated heterocycles. The number of carbonyl (C=O) groups excluding carboxylic acids is 4. The summed E-state index contributed by atoms with van der Waals surface area (Å²) in [7, 11) is 2.63. The molecule has 4 heterocycles. The first-order valence-electron chi connectivity index (χ1n) is 21.0. The van der Waals surface area contributed by atoms with Gasteiger partial charge in [0.1, 0.15) is 17.7 Å². The second-order valence-corrected chi connectivity index (χ2v) is 16.3. The lowest BCUT2D eigenvalue weighted by Gasteiger charge is -2.31. The van der Waals surface area contributed by atoms with Gasteiger partial charge in [-0.2, -0.15) is 5.26 Å². The van der Waals surface area contributed by atoms with Crippen LogP contribution in [0, 0.1) is 23.2 Å². The number of imidazole rings is 2. The molecule has 63 heavy (non-hydrogen) atoms. The number of H-pyrrole nitrogens is 2. The Hall–Kier alpha value is -7.31. The maximum absolute atomic E-state index is 14.2. The van der Waals surface area contributed by atoms with Crippen molar-refractivity contribution >= 4 is 35.1 Å². The van der Waals surface area contributed by atoms with Crippen LogP contribution >= 0.6 is 0 Å². The van der Waals surface area contributed by atoms with Crippen molar-refractivity contribution in [3.63, 3.8) is 0 Å². The molecule has 0 aliphatic carbocycles. The fourth-order valence-electron chi connectivity index (χ4n) is 8.77. The van der Waals surface area contributed by atoms with E-state index in [4.69, 9.17) is 14.6 Å². The molecule has 0 radical (unpaired) electrons. The summed E-state index contributed by atoms with van der Waals surface area (Å²) in [5, 5.41) is 15.7. The maximum atomic E-state index is 14.2. The zero-order valence-corrected chi connectivity index (χ0v) is 35.5. The Bertz CT molecular complexity index is 2650. The van der Waals surface area contributed by atoms with Gasteiger partial charge in [-0.3, -0.25) is 19.2 Å². The van der Waals surface area contributed by atoms with Gasteiger partial charge >= 0.3 is 6.09 Å². The van der Waals surface area contributed by atoms with Crippen LogP contribution in [0.15, 0.2) is 103 Å². The zero-order valence-electron chi connectivity index (χ0n) is 35.5. The number of aromatic nitrogens is 4. The van der Waals surface area contributed by atoms with Crippen LogP contribution in [0.2, 0.25) is 0 Å². The molecule has 4 amide bonds. The number of nitrogens with zero attached hydrogens (tertiary/aromatic N) is 6. The van der Waals surface area contributed by atoms with E-state index in [1.54, 1.807) is 46.5 Å². The maximum Gasteiger partial charge on any atom is 0.407 e. The van der Waals surface area contributed by atoms with Crippen molar-refractivity contribution in [2.45, 2.75) is 57.3 Å². The summed E-state index contributed by atoms with van der Waals surface area (Å²) in [5.41, 5.74) is 6.21. The Balaban J connectivity index is 0.965. The molecular formula is C48H49N9O6. The first-order chi connectivity index (χ1) is 30.6. The molecule has 8 rings (SSSR count). The third kappa shape index (κ3) is 8.62. The fraction of sp³-hybridized carbons (Fsp3) is 0.312. The van der Waals surface area contributed by atoms with E-state index in [-0.39, 0.29) is 30.3 Å². The summed E-state index contributed by atoms with van der Waals surface area (Å²) >= 11 is 0. The Morgan fingerprint density at radius 3 is 2.08 bits per heavy atom. The number of aromatic amines is 2. The zero-order chi connectivity index (χ0) is 44.2. The number of carbonyl (C=O) groups is 4. The molecule has 4 aromatic carbocycles. The summed E-state index contributed by atoms with van der Waals surface area (Å²) in [6.45, 7) is 4.57. The van der Waals surface area contributed by atoms with E-state index in [1.165, 1.54) is 14.2 Å². The van der Waals surface area contributed by atoms with Crippen molar-refractivity contribution in [2.75, 3.05) is 27.3 Å². The second kappa shape index (κ2) is 18.3. The van der Waals surface area contributed by atoms with Crippen LogP contribution in [-0.2, 0) is 24.0 Å². The van der Waals surface area contributed by atoms with Crippen LogP contribution in [0.5, 0.6) is 0 Å². The molecule has 3 N–H and O–H groups in total.